The average molecular weight is 276 g/mol. The number of carbonyl (C=O) groups excluding carboxylic acids is 2. The Morgan fingerprint density at radius 1 is 1.40 bits per heavy atom. The number of hydrogen-bond acceptors (Lipinski definition) is 4. The van der Waals surface area contributed by atoms with Gasteiger partial charge in [0.05, 0.1) is 12.2 Å². The Morgan fingerprint density at radius 2 is 2.15 bits per heavy atom. The number of esters is 1. The van der Waals surface area contributed by atoms with Gasteiger partial charge in [-0.05, 0) is 37.8 Å². The molecule has 0 spiro atoms. The van der Waals surface area contributed by atoms with E-state index in [-0.39, 0.29) is 11.9 Å². The van der Waals surface area contributed by atoms with Gasteiger partial charge in [0.2, 0.25) is 0 Å². The van der Waals surface area contributed by atoms with E-state index in [1.807, 2.05) is 11.8 Å². The van der Waals surface area contributed by atoms with Crippen molar-refractivity contribution < 1.29 is 14.3 Å². The molecule has 1 fully saturated rings. The molecule has 0 saturated carbocycles. The van der Waals surface area contributed by atoms with Gasteiger partial charge < -0.3 is 9.64 Å². The highest BCUT2D eigenvalue weighted by molar-refractivity contribution is 5.93. The molecule has 0 unspecified atom stereocenters. The summed E-state index contributed by atoms with van der Waals surface area (Å²) in [4.78, 5) is 29.5. The summed E-state index contributed by atoms with van der Waals surface area (Å²) in [6.45, 7) is 3.62. The molecule has 2 rings (SSSR count). The Morgan fingerprint density at radius 3 is 2.75 bits per heavy atom. The first kappa shape index (κ1) is 14.5. The number of aromatic nitrogens is 1. The van der Waals surface area contributed by atoms with Crippen LogP contribution in [-0.2, 0) is 9.53 Å². The van der Waals surface area contributed by atoms with E-state index >= 15 is 0 Å². The number of rotatable bonds is 4. The Bertz CT molecular complexity index is 453. The minimum atomic E-state index is -0.135. The maximum absolute atomic E-state index is 12.2. The quantitative estimate of drug-likeness (QED) is 0.788. The van der Waals surface area contributed by atoms with E-state index in [0.717, 1.165) is 12.8 Å². The number of nitrogens with zero attached hydrogens (tertiary/aromatic N) is 2. The van der Waals surface area contributed by atoms with Crippen LogP contribution in [0.15, 0.2) is 24.5 Å². The first-order valence-corrected chi connectivity index (χ1v) is 7.05. The first-order chi connectivity index (χ1) is 9.70. The molecule has 1 aromatic rings. The predicted octanol–water partition coefficient (Wildman–Crippen LogP) is 1.89. The van der Waals surface area contributed by atoms with Crippen molar-refractivity contribution in [3.8, 4) is 0 Å². The van der Waals surface area contributed by atoms with E-state index in [1.54, 1.807) is 24.5 Å². The molecule has 0 bridgehead atoms. The summed E-state index contributed by atoms with van der Waals surface area (Å²) < 4.78 is 4.96. The molecule has 1 aliphatic rings. The van der Waals surface area contributed by atoms with Crippen LogP contribution < -0.4 is 0 Å². The third kappa shape index (κ3) is 3.79. The summed E-state index contributed by atoms with van der Waals surface area (Å²) >= 11 is 0. The molecule has 1 amide bonds. The van der Waals surface area contributed by atoms with E-state index in [1.165, 1.54) is 0 Å². The number of ether oxygens (including phenoxy) is 1. The van der Waals surface area contributed by atoms with Gasteiger partial charge in [0.15, 0.2) is 0 Å². The van der Waals surface area contributed by atoms with Gasteiger partial charge in [-0.3, -0.25) is 14.6 Å². The van der Waals surface area contributed by atoms with E-state index in [9.17, 15) is 9.59 Å². The van der Waals surface area contributed by atoms with Gasteiger partial charge in [-0.15, -0.1) is 0 Å². The SMILES string of the molecule is CCOC(=O)CC1CCN(C(=O)c2cccnc2)CC1. The molecule has 0 aliphatic carbocycles. The molecule has 0 aromatic carbocycles. The van der Waals surface area contributed by atoms with Crippen LogP contribution in [0.3, 0.4) is 0 Å². The topological polar surface area (TPSA) is 59.5 Å². The van der Waals surface area contributed by atoms with Crippen LogP contribution in [0.1, 0.15) is 36.5 Å². The summed E-state index contributed by atoms with van der Waals surface area (Å²) in [6, 6.07) is 3.54. The molecule has 0 radical (unpaired) electrons. The Balaban J connectivity index is 1.82. The highest BCUT2D eigenvalue weighted by atomic mass is 16.5. The summed E-state index contributed by atoms with van der Waals surface area (Å²) in [7, 11) is 0. The van der Waals surface area contributed by atoms with Crippen LogP contribution in [0.25, 0.3) is 0 Å². The lowest BCUT2D eigenvalue weighted by molar-refractivity contribution is -0.144. The number of piperidine rings is 1. The van der Waals surface area contributed by atoms with Gasteiger partial charge in [0.1, 0.15) is 0 Å². The van der Waals surface area contributed by atoms with Crippen molar-refractivity contribution in [1.29, 1.82) is 0 Å². The zero-order valence-corrected chi connectivity index (χ0v) is 11.7. The molecule has 1 aromatic heterocycles. The van der Waals surface area contributed by atoms with Crippen LogP contribution in [-0.4, -0.2) is 41.5 Å². The third-order valence-corrected chi connectivity index (χ3v) is 3.57. The van der Waals surface area contributed by atoms with Crippen molar-refractivity contribution in [3.63, 3.8) is 0 Å². The largest absolute Gasteiger partial charge is 0.466 e. The van der Waals surface area contributed by atoms with Crippen LogP contribution >= 0.6 is 0 Å². The van der Waals surface area contributed by atoms with Crippen molar-refractivity contribution in [2.45, 2.75) is 26.2 Å². The molecule has 1 aliphatic heterocycles. The van der Waals surface area contributed by atoms with Crippen molar-refractivity contribution in [1.82, 2.24) is 9.88 Å². The summed E-state index contributed by atoms with van der Waals surface area (Å²) in [5, 5.41) is 0. The van der Waals surface area contributed by atoms with Gasteiger partial charge in [-0.2, -0.15) is 0 Å². The molecule has 0 N–H and O–H groups in total. The lowest BCUT2D eigenvalue weighted by Crippen LogP contribution is -2.39. The number of amides is 1. The molecule has 2 heterocycles. The normalized spacial score (nSPS) is 15.9. The van der Waals surface area contributed by atoms with Crippen molar-refractivity contribution in [2.75, 3.05) is 19.7 Å². The van der Waals surface area contributed by atoms with Crippen LogP contribution in [0.2, 0.25) is 0 Å². The first-order valence-electron chi connectivity index (χ1n) is 7.05. The molecule has 0 atom stereocenters. The smallest absolute Gasteiger partial charge is 0.306 e. The standard InChI is InChI=1S/C15H20N2O3/c1-2-20-14(18)10-12-5-8-17(9-6-12)15(19)13-4-3-7-16-11-13/h3-4,7,11-12H,2,5-6,8-10H2,1H3. The van der Waals surface area contributed by atoms with Crippen LogP contribution in [0.4, 0.5) is 0 Å². The highest BCUT2D eigenvalue weighted by Crippen LogP contribution is 2.22. The average Bonchev–Trinajstić information content (AvgIpc) is 2.48. The predicted molar refractivity (Wildman–Crippen MR) is 74.1 cm³/mol. The second-order valence-corrected chi connectivity index (χ2v) is 4.99. The number of hydrogen-bond donors (Lipinski definition) is 0. The number of carbonyl (C=O) groups is 2. The minimum Gasteiger partial charge on any atom is -0.466 e. The van der Waals surface area contributed by atoms with E-state index < -0.39 is 0 Å². The van der Waals surface area contributed by atoms with Crippen molar-refractivity contribution >= 4 is 11.9 Å². The Hall–Kier alpha value is -1.91. The maximum atomic E-state index is 12.2. The van der Waals surface area contributed by atoms with E-state index in [2.05, 4.69) is 4.98 Å². The third-order valence-electron chi connectivity index (χ3n) is 3.57. The van der Waals surface area contributed by atoms with Gasteiger partial charge >= 0.3 is 5.97 Å². The Kier molecular flexibility index (Phi) is 5.09. The zero-order valence-electron chi connectivity index (χ0n) is 11.7. The van der Waals surface area contributed by atoms with Gasteiger partial charge in [-0.1, -0.05) is 0 Å². The van der Waals surface area contributed by atoms with Crippen molar-refractivity contribution in [2.24, 2.45) is 5.92 Å². The van der Waals surface area contributed by atoms with Gasteiger partial charge in [-0.25, -0.2) is 0 Å². The maximum Gasteiger partial charge on any atom is 0.306 e. The van der Waals surface area contributed by atoms with Crippen molar-refractivity contribution in [3.05, 3.63) is 30.1 Å². The highest BCUT2D eigenvalue weighted by Gasteiger charge is 2.25. The summed E-state index contributed by atoms with van der Waals surface area (Å²) in [5.74, 6) is 0.212. The Labute approximate surface area is 118 Å². The zero-order chi connectivity index (χ0) is 14.4. The molecule has 108 valence electrons. The number of likely N-dealkylation sites (tertiary alicyclic amines) is 1. The van der Waals surface area contributed by atoms with Gasteiger partial charge in [0.25, 0.3) is 5.91 Å². The fourth-order valence-electron chi connectivity index (χ4n) is 2.47. The van der Waals surface area contributed by atoms with Crippen LogP contribution in [0.5, 0.6) is 0 Å². The molecule has 5 heteroatoms. The summed E-state index contributed by atoms with van der Waals surface area (Å²) in [5.41, 5.74) is 0.622. The lowest BCUT2D eigenvalue weighted by Gasteiger charge is -2.31. The van der Waals surface area contributed by atoms with Crippen LogP contribution in [0, 0.1) is 5.92 Å². The fraction of sp³-hybridized carbons (Fsp3) is 0.533. The van der Waals surface area contributed by atoms with E-state index in [0.29, 0.717) is 37.6 Å². The van der Waals surface area contributed by atoms with Gasteiger partial charge in [0, 0.05) is 31.9 Å². The lowest BCUT2D eigenvalue weighted by atomic mass is 9.93. The number of pyridine rings is 1. The fourth-order valence-corrected chi connectivity index (χ4v) is 2.47. The molecule has 5 nitrogen and oxygen atoms in total. The second-order valence-electron chi connectivity index (χ2n) is 4.99. The summed E-state index contributed by atoms with van der Waals surface area (Å²) in [6.07, 6.45) is 5.41. The monoisotopic (exact) mass is 276 g/mol. The second kappa shape index (κ2) is 7.03. The molecule has 1 saturated heterocycles. The molecular weight excluding hydrogens is 256 g/mol. The minimum absolute atomic E-state index is 0.0210. The molecule has 20 heavy (non-hydrogen) atoms. The molecular formula is C15H20N2O3. The van der Waals surface area contributed by atoms with E-state index in [4.69, 9.17) is 4.74 Å².